The maximum absolute atomic E-state index is 12.4. The second-order valence-corrected chi connectivity index (χ2v) is 5.71. The second kappa shape index (κ2) is 8.06. The van der Waals surface area contributed by atoms with Crippen LogP contribution in [0.25, 0.3) is 5.57 Å². The van der Waals surface area contributed by atoms with Crippen molar-refractivity contribution in [3.8, 4) is 5.75 Å². The lowest BCUT2D eigenvalue weighted by Gasteiger charge is -2.14. The fraction of sp³-hybridized carbons (Fsp3) is 0.471. The van der Waals surface area contributed by atoms with Gasteiger partial charge in [-0.05, 0) is 31.4 Å². The number of benzene rings is 1. The molecule has 0 radical (unpaired) electrons. The van der Waals surface area contributed by atoms with Crippen molar-refractivity contribution in [2.75, 3.05) is 6.54 Å². The van der Waals surface area contributed by atoms with Crippen LogP contribution in [0.1, 0.15) is 31.7 Å². The molecule has 0 heterocycles. The van der Waals surface area contributed by atoms with Crippen LogP contribution in [0.4, 0.5) is 8.78 Å². The summed E-state index contributed by atoms with van der Waals surface area (Å²) in [4.78, 5) is 12.0. The van der Waals surface area contributed by atoms with Crippen LogP contribution >= 0.6 is 0 Å². The van der Waals surface area contributed by atoms with E-state index in [9.17, 15) is 18.7 Å². The topological polar surface area (TPSA) is 58.6 Å². The minimum atomic E-state index is -2.92. The average Bonchev–Trinajstić information content (AvgIpc) is 2.90. The molecule has 0 aromatic heterocycles. The lowest BCUT2D eigenvalue weighted by molar-refractivity contribution is -0.116. The highest BCUT2D eigenvalue weighted by Crippen LogP contribution is 2.27. The summed E-state index contributed by atoms with van der Waals surface area (Å²) in [7, 11) is 0. The third-order valence-electron chi connectivity index (χ3n) is 4.03. The van der Waals surface area contributed by atoms with Crippen molar-refractivity contribution >= 4 is 11.5 Å². The monoisotopic (exact) mass is 325 g/mol. The molecule has 1 aliphatic rings. The molecular formula is C17H21F2NO3. The number of nitrogens with one attached hydrogen (secondary N) is 1. The van der Waals surface area contributed by atoms with E-state index in [0.29, 0.717) is 17.7 Å². The highest BCUT2D eigenvalue weighted by molar-refractivity contribution is 5.95. The first-order valence-electron chi connectivity index (χ1n) is 7.65. The van der Waals surface area contributed by atoms with Crippen LogP contribution in [-0.2, 0) is 4.79 Å². The molecular weight excluding hydrogens is 304 g/mol. The Labute approximate surface area is 134 Å². The zero-order chi connectivity index (χ0) is 16.8. The van der Waals surface area contributed by atoms with Gasteiger partial charge in [-0.1, -0.05) is 24.6 Å². The van der Waals surface area contributed by atoms with Gasteiger partial charge >= 0.3 is 6.61 Å². The normalized spacial score (nSPS) is 21.5. The zero-order valence-electron chi connectivity index (χ0n) is 13.0. The van der Waals surface area contributed by atoms with Gasteiger partial charge in [0.25, 0.3) is 0 Å². The minimum absolute atomic E-state index is 0.0373. The van der Waals surface area contributed by atoms with Gasteiger partial charge in [0, 0.05) is 24.1 Å². The quantitative estimate of drug-likeness (QED) is 0.791. The standard InChI is InChI=1S/C17H21F2NO3/c1-11(13-6-2-3-8-15(13)23-17(18)19)9-16(22)20-10-12-5-4-7-14(12)21/h2-3,6,8-9,12,14,17,21H,4-5,7,10H2,1H3,(H,20,22). The van der Waals surface area contributed by atoms with Gasteiger partial charge in [-0.25, -0.2) is 0 Å². The zero-order valence-corrected chi connectivity index (χ0v) is 13.0. The Morgan fingerprint density at radius 3 is 2.83 bits per heavy atom. The number of hydrogen-bond acceptors (Lipinski definition) is 3. The number of amides is 1. The van der Waals surface area contributed by atoms with Crippen LogP contribution in [0.5, 0.6) is 5.75 Å². The predicted octanol–water partition coefficient (Wildman–Crippen LogP) is 2.97. The molecule has 1 amide bonds. The Morgan fingerprint density at radius 2 is 2.17 bits per heavy atom. The Balaban J connectivity index is 2.00. The van der Waals surface area contributed by atoms with E-state index >= 15 is 0 Å². The Bertz CT molecular complexity index is 575. The molecule has 2 N–H and O–H groups in total. The first-order chi connectivity index (χ1) is 11.0. The number of hydrogen-bond donors (Lipinski definition) is 2. The largest absolute Gasteiger partial charge is 0.434 e. The highest BCUT2D eigenvalue weighted by atomic mass is 19.3. The molecule has 23 heavy (non-hydrogen) atoms. The van der Waals surface area contributed by atoms with E-state index in [1.807, 2.05) is 0 Å². The summed E-state index contributed by atoms with van der Waals surface area (Å²) < 4.78 is 29.3. The highest BCUT2D eigenvalue weighted by Gasteiger charge is 2.25. The van der Waals surface area contributed by atoms with Crippen LogP contribution in [0.2, 0.25) is 0 Å². The molecule has 1 aliphatic carbocycles. The predicted molar refractivity (Wildman–Crippen MR) is 83.1 cm³/mol. The number of allylic oxidation sites excluding steroid dienone is 1. The average molecular weight is 325 g/mol. The Morgan fingerprint density at radius 1 is 1.43 bits per heavy atom. The third kappa shape index (κ3) is 5.03. The number of alkyl halides is 2. The molecule has 1 fully saturated rings. The number of ether oxygens (including phenoxy) is 1. The smallest absolute Gasteiger partial charge is 0.387 e. The van der Waals surface area contributed by atoms with E-state index in [4.69, 9.17) is 0 Å². The van der Waals surface area contributed by atoms with Crippen molar-refractivity contribution in [2.24, 2.45) is 5.92 Å². The van der Waals surface area contributed by atoms with Crippen LogP contribution in [0, 0.1) is 5.92 Å². The van der Waals surface area contributed by atoms with Crippen molar-refractivity contribution in [3.05, 3.63) is 35.9 Å². The first kappa shape index (κ1) is 17.4. The molecule has 1 saturated carbocycles. The van der Waals surface area contributed by atoms with Crippen LogP contribution in [-0.4, -0.2) is 30.3 Å². The molecule has 0 spiro atoms. The number of aliphatic hydroxyl groups excluding tert-OH is 1. The molecule has 1 aromatic rings. The van der Waals surface area contributed by atoms with Gasteiger partial charge in [0.2, 0.25) is 5.91 Å². The third-order valence-corrected chi connectivity index (χ3v) is 4.03. The van der Waals surface area contributed by atoms with Crippen LogP contribution in [0.3, 0.4) is 0 Å². The number of aliphatic hydroxyl groups is 1. The maximum Gasteiger partial charge on any atom is 0.387 e. The summed E-state index contributed by atoms with van der Waals surface area (Å²) in [6.45, 7) is -0.835. The number of rotatable bonds is 6. The second-order valence-electron chi connectivity index (χ2n) is 5.71. The number of halogens is 2. The fourth-order valence-electron chi connectivity index (χ4n) is 2.80. The molecule has 6 heteroatoms. The minimum Gasteiger partial charge on any atom is -0.434 e. The van der Waals surface area contributed by atoms with E-state index in [1.54, 1.807) is 25.1 Å². The summed E-state index contributed by atoms with van der Waals surface area (Å²) in [5.74, 6) is -0.189. The van der Waals surface area contributed by atoms with Gasteiger partial charge in [0.15, 0.2) is 0 Å². The van der Waals surface area contributed by atoms with Gasteiger partial charge in [0.1, 0.15) is 5.75 Å². The van der Waals surface area contributed by atoms with E-state index in [2.05, 4.69) is 10.1 Å². The maximum atomic E-state index is 12.4. The molecule has 2 rings (SSSR count). The lowest BCUT2D eigenvalue weighted by Crippen LogP contribution is -2.31. The van der Waals surface area contributed by atoms with Gasteiger partial charge < -0.3 is 15.2 Å². The molecule has 0 saturated heterocycles. The summed E-state index contributed by atoms with van der Waals surface area (Å²) >= 11 is 0. The summed E-state index contributed by atoms with van der Waals surface area (Å²) in [6, 6.07) is 6.34. The summed E-state index contributed by atoms with van der Waals surface area (Å²) in [6.07, 6.45) is 3.63. The summed E-state index contributed by atoms with van der Waals surface area (Å²) in [5, 5.41) is 12.5. The van der Waals surface area contributed by atoms with E-state index < -0.39 is 6.61 Å². The van der Waals surface area contributed by atoms with Gasteiger partial charge in [0.05, 0.1) is 6.10 Å². The molecule has 4 nitrogen and oxygen atoms in total. The molecule has 1 aromatic carbocycles. The molecule has 126 valence electrons. The molecule has 2 unspecified atom stereocenters. The fourth-order valence-corrected chi connectivity index (χ4v) is 2.80. The Hall–Kier alpha value is -1.95. The van der Waals surface area contributed by atoms with E-state index in [1.165, 1.54) is 12.1 Å². The number of carbonyl (C=O) groups excluding carboxylic acids is 1. The first-order valence-corrected chi connectivity index (χ1v) is 7.65. The number of para-hydroxylation sites is 1. The van der Waals surface area contributed by atoms with Crippen molar-refractivity contribution in [1.82, 2.24) is 5.32 Å². The van der Waals surface area contributed by atoms with Gasteiger partial charge in [-0.2, -0.15) is 8.78 Å². The van der Waals surface area contributed by atoms with E-state index in [-0.39, 0.29) is 23.7 Å². The lowest BCUT2D eigenvalue weighted by atomic mass is 10.0. The number of carbonyl (C=O) groups is 1. The Kier molecular flexibility index (Phi) is 6.10. The van der Waals surface area contributed by atoms with Crippen LogP contribution in [0.15, 0.2) is 30.3 Å². The van der Waals surface area contributed by atoms with Crippen LogP contribution < -0.4 is 10.1 Å². The molecule has 0 aliphatic heterocycles. The van der Waals surface area contributed by atoms with Crippen molar-refractivity contribution in [3.63, 3.8) is 0 Å². The van der Waals surface area contributed by atoms with Gasteiger partial charge in [-0.15, -0.1) is 0 Å². The molecule has 0 bridgehead atoms. The van der Waals surface area contributed by atoms with Gasteiger partial charge in [-0.3, -0.25) is 4.79 Å². The van der Waals surface area contributed by atoms with E-state index in [0.717, 1.165) is 19.3 Å². The van der Waals surface area contributed by atoms with Crippen molar-refractivity contribution in [1.29, 1.82) is 0 Å². The SMILES string of the molecule is CC(=CC(=O)NCC1CCCC1O)c1ccccc1OC(F)F. The van der Waals surface area contributed by atoms with Crippen molar-refractivity contribution < 1.29 is 23.4 Å². The summed E-state index contributed by atoms with van der Waals surface area (Å²) in [5.41, 5.74) is 0.981. The van der Waals surface area contributed by atoms with Crippen molar-refractivity contribution in [2.45, 2.75) is 38.9 Å². The molecule has 2 atom stereocenters.